The van der Waals surface area contributed by atoms with E-state index in [1.165, 1.54) is 0 Å². The van der Waals surface area contributed by atoms with Gasteiger partial charge in [0.25, 0.3) is 11.8 Å². The lowest BCUT2D eigenvalue weighted by Gasteiger charge is -2.15. The number of thiocarbonyl (C=S) groups is 1. The van der Waals surface area contributed by atoms with Crippen LogP contribution in [0.15, 0.2) is 78.9 Å². The van der Waals surface area contributed by atoms with Crippen LogP contribution in [-0.2, 0) is 11.2 Å². The highest BCUT2D eigenvalue weighted by Crippen LogP contribution is 2.19. The van der Waals surface area contributed by atoms with E-state index in [1.54, 1.807) is 49.6 Å². The van der Waals surface area contributed by atoms with Crippen molar-refractivity contribution in [2.45, 2.75) is 12.8 Å². The van der Waals surface area contributed by atoms with Crippen LogP contribution in [0.4, 0.5) is 5.69 Å². The van der Waals surface area contributed by atoms with Gasteiger partial charge >= 0.3 is 0 Å². The first-order chi connectivity index (χ1) is 17.1. The molecule has 0 radical (unpaired) electrons. The van der Waals surface area contributed by atoms with Crippen molar-refractivity contribution in [2.75, 3.05) is 32.2 Å². The van der Waals surface area contributed by atoms with Crippen LogP contribution in [0.25, 0.3) is 0 Å². The van der Waals surface area contributed by atoms with E-state index in [2.05, 4.69) is 16.0 Å². The second-order valence-corrected chi connectivity index (χ2v) is 8.04. The molecule has 3 N–H and O–H groups in total. The fourth-order valence-electron chi connectivity index (χ4n) is 3.33. The molecule has 3 aromatic rings. The number of hydrogen-bond acceptors (Lipinski definition) is 5. The molecular formula is C27H29N3O4S. The molecule has 8 heteroatoms. The number of para-hydroxylation sites is 2. The third-order valence-corrected chi connectivity index (χ3v) is 5.28. The van der Waals surface area contributed by atoms with Crippen LogP contribution in [0.5, 0.6) is 5.75 Å². The Kier molecular flexibility index (Phi) is 10.2. The molecule has 3 aromatic carbocycles. The van der Waals surface area contributed by atoms with Gasteiger partial charge in [0.1, 0.15) is 5.75 Å². The van der Waals surface area contributed by atoms with Crippen LogP contribution in [0.2, 0.25) is 0 Å². The summed E-state index contributed by atoms with van der Waals surface area (Å²) in [5, 5.41) is 8.55. The molecular weight excluding hydrogens is 462 g/mol. The average Bonchev–Trinajstić information content (AvgIpc) is 2.87. The molecule has 0 atom stereocenters. The summed E-state index contributed by atoms with van der Waals surface area (Å²) in [7, 11) is 1.62. The largest absolute Gasteiger partial charge is 0.492 e. The number of benzene rings is 3. The summed E-state index contributed by atoms with van der Waals surface area (Å²) in [4.78, 5) is 25.5. The number of anilines is 1. The quantitative estimate of drug-likeness (QED) is 0.275. The molecule has 2 amide bonds. The molecule has 0 aliphatic rings. The fourth-order valence-corrected chi connectivity index (χ4v) is 3.53. The molecule has 0 aromatic heterocycles. The van der Waals surface area contributed by atoms with Crippen LogP contribution in [0, 0.1) is 0 Å². The van der Waals surface area contributed by atoms with Crippen molar-refractivity contribution in [1.82, 2.24) is 10.6 Å². The summed E-state index contributed by atoms with van der Waals surface area (Å²) in [6.07, 6.45) is 1.43. The van der Waals surface area contributed by atoms with Crippen LogP contribution in [-0.4, -0.2) is 43.8 Å². The van der Waals surface area contributed by atoms with Crippen LogP contribution < -0.4 is 20.7 Å². The van der Waals surface area contributed by atoms with Crippen molar-refractivity contribution in [3.05, 3.63) is 95.6 Å². The molecule has 0 fully saturated rings. The van der Waals surface area contributed by atoms with Crippen molar-refractivity contribution < 1.29 is 19.1 Å². The maximum absolute atomic E-state index is 12.9. The van der Waals surface area contributed by atoms with Gasteiger partial charge in [0.05, 0.1) is 23.4 Å². The van der Waals surface area contributed by atoms with E-state index in [0.29, 0.717) is 48.7 Å². The van der Waals surface area contributed by atoms with Crippen molar-refractivity contribution in [3.63, 3.8) is 0 Å². The molecule has 0 bridgehead atoms. The third kappa shape index (κ3) is 8.20. The zero-order valence-electron chi connectivity index (χ0n) is 19.6. The van der Waals surface area contributed by atoms with Crippen molar-refractivity contribution in [1.29, 1.82) is 0 Å². The highest BCUT2D eigenvalue weighted by Gasteiger charge is 2.16. The molecule has 35 heavy (non-hydrogen) atoms. The molecule has 0 saturated carbocycles. The number of methoxy groups -OCH3 is 1. The highest BCUT2D eigenvalue weighted by molar-refractivity contribution is 7.80. The molecule has 0 heterocycles. The fraction of sp³-hybridized carbons (Fsp3) is 0.222. The zero-order chi connectivity index (χ0) is 24.9. The molecule has 0 aliphatic heterocycles. The summed E-state index contributed by atoms with van der Waals surface area (Å²) >= 11 is 5.34. The molecule has 0 unspecified atom stereocenters. The Bertz CT molecular complexity index is 1140. The van der Waals surface area contributed by atoms with Gasteiger partial charge in [-0.25, -0.2) is 0 Å². The number of carbonyl (C=O) groups is 2. The number of nitrogens with one attached hydrogen (secondary N) is 3. The van der Waals surface area contributed by atoms with Crippen molar-refractivity contribution in [2.24, 2.45) is 0 Å². The normalized spacial score (nSPS) is 10.3. The summed E-state index contributed by atoms with van der Waals surface area (Å²) in [6.45, 7) is 1.49. The molecule has 182 valence electrons. The minimum absolute atomic E-state index is 0.0775. The van der Waals surface area contributed by atoms with Crippen molar-refractivity contribution >= 4 is 34.8 Å². The standard InChI is InChI=1S/C27H29N3O4S/c1-33-18-9-17-28-25(31)21-12-5-7-14-23(21)29-27(35)30-26(32)22-13-6-8-15-24(22)34-19-16-20-10-3-2-4-11-20/h2-8,10-15H,9,16-19H2,1H3,(H,28,31)(H2,29,30,32,35). The number of carbonyl (C=O) groups excluding carboxylic acids is 2. The first kappa shape index (κ1) is 25.9. The Hall–Kier alpha value is -3.75. The van der Waals surface area contributed by atoms with Crippen LogP contribution in [0.3, 0.4) is 0 Å². The lowest BCUT2D eigenvalue weighted by molar-refractivity contribution is 0.0947. The lowest BCUT2D eigenvalue weighted by Crippen LogP contribution is -2.35. The second-order valence-electron chi connectivity index (χ2n) is 7.64. The van der Waals surface area contributed by atoms with E-state index in [-0.39, 0.29) is 11.0 Å². The number of amides is 2. The van der Waals surface area contributed by atoms with Gasteiger partial charge in [-0.2, -0.15) is 0 Å². The Labute approximate surface area is 210 Å². The Morgan fingerprint density at radius 1 is 0.829 bits per heavy atom. The van der Waals surface area contributed by atoms with Gasteiger partial charge in [-0.3, -0.25) is 14.9 Å². The first-order valence-corrected chi connectivity index (χ1v) is 11.7. The van der Waals surface area contributed by atoms with Crippen LogP contribution >= 0.6 is 12.2 Å². The summed E-state index contributed by atoms with van der Waals surface area (Å²) < 4.78 is 10.9. The number of ether oxygens (including phenoxy) is 2. The lowest BCUT2D eigenvalue weighted by atomic mass is 10.1. The minimum Gasteiger partial charge on any atom is -0.492 e. The van der Waals surface area contributed by atoms with E-state index in [1.807, 2.05) is 36.4 Å². The van der Waals surface area contributed by atoms with Gasteiger partial charge in [-0.05, 0) is 48.5 Å². The second kappa shape index (κ2) is 13.8. The zero-order valence-corrected chi connectivity index (χ0v) is 20.4. The van der Waals surface area contributed by atoms with Crippen molar-refractivity contribution in [3.8, 4) is 5.75 Å². The Morgan fingerprint density at radius 2 is 1.51 bits per heavy atom. The topological polar surface area (TPSA) is 88.7 Å². The van der Waals surface area contributed by atoms with Gasteiger partial charge in [0.15, 0.2) is 5.11 Å². The predicted octanol–water partition coefficient (Wildman–Crippen LogP) is 4.20. The Balaban J connectivity index is 1.58. The maximum atomic E-state index is 12.9. The third-order valence-electron chi connectivity index (χ3n) is 5.08. The van der Waals surface area contributed by atoms with Gasteiger partial charge in [0, 0.05) is 26.7 Å². The summed E-state index contributed by atoms with van der Waals surface area (Å²) in [6, 6.07) is 24.0. The summed E-state index contributed by atoms with van der Waals surface area (Å²) in [5.41, 5.74) is 2.44. The van der Waals surface area contributed by atoms with E-state index in [4.69, 9.17) is 21.7 Å². The first-order valence-electron chi connectivity index (χ1n) is 11.3. The van der Waals surface area contributed by atoms with E-state index in [9.17, 15) is 9.59 Å². The number of hydrogen-bond donors (Lipinski definition) is 3. The monoisotopic (exact) mass is 491 g/mol. The molecule has 0 spiro atoms. The van der Waals surface area contributed by atoms with Gasteiger partial charge in [-0.15, -0.1) is 0 Å². The van der Waals surface area contributed by atoms with Gasteiger partial charge in [-0.1, -0.05) is 54.6 Å². The summed E-state index contributed by atoms with van der Waals surface area (Å²) in [5.74, 6) is -0.172. The molecule has 0 saturated heterocycles. The minimum atomic E-state index is -0.403. The average molecular weight is 492 g/mol. The van der Waals surface area contributed by atoms with E-state index < -0.39 is 5.91 Å². The highest BCUT2D eigenvalue weighted by atomic mass is 32.1. The SMILES string of the molecule is COCCCNC(=O)c1ccccc1NC(=S)NC(=O)c1ccccc1OCCc1ccccc1. The van der Waals surface area contributed by atoms with Crippen LogP contribution in [0.1, 0.15) is 32.7 Å². The predicted molar refractivity (Wildman–Crippen MR) is 141 cm³/mol. The van der Waals surface area contributed by atoms with Gasteiger partial charge < -0.3 is 20.1 Å². The van der Waals surface area contributed by atoms with E-state index in [0.717, 1.165) is 12.0 Å². The van der Waals surface area contributed by atoms with Gasteiger partial charge in [0.2, 0.25) is 0 Å². The Morgan fingerprint density at radius 3 is 2.29 bits per heavy atom. The molecule has 0 aliphatic carbocycles. The smallest absolute Gasteiger partial charge is 0.261 e. The number of rotatable bonds is 11. The maximum Gasteiger partial charge on any atom is 0.261 e. The molecule has 7 nitrogen and oxygen atoms in total. The van der Waals surface area contributed by atoms with E-state index >= 15 is 0 Å². The molecule has 3 rings (SSSR count).